The maximum absolute atomic E-state index is 11.1. The second-order valence-corrected chi connectivity index (χ2v) is 6.47. The maximum atomic E-state index is 11.1. The van der Waals surface area contributed by atoms with Crippen molar-refractivity contribution in [3.63, 3.8) is 0 Å². The van der Waals surface area contributed by atoms with Crippen LogP contribution in [0.4, 0.5) is 0 Å². The Hall–Kier alpha value is -1.40. The molecule has 19 heavy (non-hydrogen) atoms. The van der Waals surface area contributed by atoms with Crippen molar-refractivity contribution in [1.82, 2.24) is 0 Å². The number of primary sulfonamides is 1. The SMILES string of the molecule is NC(=NCc1ccc(S(N)(=O)=O)cc1)C1CCCC1. The summed E-state index contributed by atoms with van der Waals surface area (Å²) in [5.74, 6) is 1.14. The molecule has 0 atom stereocenters. The molecule has 1 fully saturated rings. The third kappa shape index (κ3) is 3.78. The minimum absolute atomic E-state index is 0.115. The van der Waals surface area contributed by atoms with Crippen molar-refractivity contribution in [2.24, 2.45) is 21.8 Å². The lowest BCUT2D eigenvalue weighted by Crippen LogP contribution is -2.21. The molecule has 0 unspecified atom stereocenters. The molecule has 0 heterocycles. The lowest BCUT2D eigenvalue weighted by molar-refractivity contribution is 0.598. The fourth-order valence-corrected chi connectivity index (χ4v) is 2.83. The van der Waals surface area contributed by atoms with E-state index in [-0.39, 0.29) is 4.90 Å². The summed E-state index contributed by atoms with van der Waals surface area (Å²) < 4.78 is 22.2. The van der Waals surface area contributed by atoms with Crippen LogP contribution in [0.5, 0.6) is 0 Å². The second-order valence-electron chi connectivity index (χ2n) is 4.91. The van der Waals surface area contributed by atoms with E-state index in [1.807, 2.05) is 0 Å². The molecule has 0 bridgehead atoms. The van der Waals surface area contributed by atoms with E-state index in [0.29, 0.717) is 18.3 Å². The van der Waals surface area contributed by atoms with Crippen molar-refractivity contribution < 1.29 is 8.42 Å². The van der Waals surface area contributed by atoms with Gasteiger partial charge in [-0.2, -0.15) is 0 Å². The van der Waals surface area contributed by atoms with E-state index in [9.17, 15) is 8.42 Å². The van der Waals surface area contributed by atoms with Gasteiger partial charge in [-0.1, -0.05) is 25.0 Å². The number of aliphatic imine (C=N–C) groups is 1. The molecule has 1 aromatic carbocycles. The standard InChI is InChI=1S/C13H19N3O2S/c14-13(11-3-1-2-4-11)16-9-10-5-7-12(8-6-10)19(15,17)18/h5-8,11H,1-4,9H2,(H2,14,16)(H2,15,17,18). The van der Waals surface area contributed by atoms with Gasteiger partial charge in [0.15, 0.2) is 0 Å². The summed E-state index contributed by atoms with van der Waals surface area (Å²) in [6.45, 7) is 0.479. The van der Waals surface area contributed by atoms with Crippen molar-refractivity contribution >= 4 is 15.9 Å². The molecule has 0 spiro atoms. The Morgan fingerprint density at radius 1 is 1.21 bits per heavy atom. The highest BCUT2D eigenvalue weighted by molar-refractivity contribution is 7.89. The summed E-state index contributed by atoms with van der Waals surface area (Å²) in [6.07, 6.45) is 4.70. The van der Waals surface area contributed by atoms with Gasteiger partial charge in [-0.05, 0) is 30.5 Å². The molecular weight excluding hydrogens is 262 g/mol. The van der Waals surface area contributed by atoms with Crippen LogP contribution in [-0.4, -0.2) is 14.3 Å². The van der Waals surface area contributed by atoms with Crippen LogP contribution in [0.3, 0.4) is 0 Å². The third-order valence-electron chi connectivity index (χ3n) is 3.47. The molecule has 1 saturated carbocycles. The molecule has 2 rings (SSSR count). The zero-order chi connectivity index (χ0) is 13.9. The van der Waals surface area contributed by atoms with Gasteiger partial charge < -0.3 is 5.73 Å². The molecule has 0 amide bonds. The summed E-state index contributed by atoms with van der Waals surface area (Å²) >= 11 is 0. The molecule has 4 N–H and O–H groups in total. The van der Waals surface area contributed by atoms with Crippen LogP contribution in [0.1, 0.15) is 31.2 Å². The van der Waals surface area contributed by atoms with Crippen LogP contribution >= 0.6 is 0 Å². The highest BCUT2D eigenvalue weighted by Crippen LogP contribution is 2.24. The molecule has 0 radical (unpaired) electrons. The average molecular weight is 281 g/mol. The quantitative estimate of drug-likeness (QED) is 0.644. The van der Waals surface area contributed by atoms with E-state index >= 15 is 0 Å². The Morgan fingerprint density at radius 2 is 1.79 bits per heavy atom. The molecule has 0 saturated heterocycles. The summed E-state index contributed by atoms with van der Waals surface area (Å²) in [5, 5.41) is 5.04. The van der Waals surface area contributed by atoms with Crippen LogP contribution in [-0.2, 0) is 16.6 Å². The Labute approximate surface area is 113 Å². The number of hydrogen-bond acceptors (Lipinski definition) is 3. The monoisotopic (exact) mass is 281 g/mol. The lowest BCUT2D eigenvalue weighted by atomic mass is 10.1. The lowest BCUT2D eigenvalue weighted by Gasteiger charge is -2.08. The van der Waals surface area contributed by atoms with E-state index in [1.54, 1.807) is 12.1 Å². The van der Waals surface area contributed by atoms with E-state index in [0.717, 1.165) is 18.4 Å². The first-order valence-electron chi connectivity index (χ1n) is 6.38. The Balaban J connectivity index is 2.01. The van der Waals surface area contributed by atoms with Gasteiger partial charge in [0.05, 0.1) is 17.3 Å². The topological polar surface area (TPSA) is 98.5 Å². The fourth-order valence-electron chi connectivity index (χ4n) is 2.32. The van der Waals surface area contributed by atoms with Crippen molar-refractivity contribution in [3.8, 4) is 0 Å². The van der Waals surface area contributed by atoms with Gasteiger partial charge >= 0.3 is 0 Å². The Morgan fingerprint density at radius 3 is 2.32 bits per heavy atom. The summed E-state index contributed by atoms with van der Waals surface area (Å²) in [6, 6.07) is 6.41. The van der Waals surface area contributed by atoms with Crippen LogP contribution in [0.25, 0.3) is 0 Å². The maximum Gasteiger partial charge on any atom is 0.238 e. The number of benzene rings is 1. The molecule has 1 aliphatic carbocycles. The van der Waals surface area contributed by atoms with Gasteiger partial charge in [-0.15, -0.1) is 0 Å². The number of rotatable bonds is 4. The molecule has 1 aliphatic rings. The normalized spacial score (nSPS) is 17.8. The smallest absolute Gasteiger partial charge is 0.238 e. The average Bonchev–Trinajstić information content (AvgIpc) is 2.89. The first kappa shape index (κ1) is 14.0. The summed E-state index contributed by atoms with van der Waals surface area (Å²) in [5.41, 5.74) is 6.88. The predicted molar refractivity (Wildman–Crippen MR) is 75.1 cm³/mol. The van der Waals surface area contributed by atoms with Crippen LogP contribution < -0.4 is 10.9 Å². The molecule has 5 nitrogen and oxygen atoms in total. The van der Waals surface area contributed by atoms with Gasteiger partial charge in [0, 0.05) is 5.92 Å². The number of amidine groups is 1. The van der Waals surface area contributed by atoms with Crippen LogP contribution in [0.2, 0.25) is 0 Å². The molecule has 0 aliphatic heterocycles. The number of hydrogen-bond donors (Lipinski definition) is 2. The summed E-state index contributed by atoms with van der Waals surface area (Å²) in [7, 11) is -3.62. The first-order valence-corrected chi connectivity index (χ1v) is 7.93. The highest BCUT2D eigenvalue weighted by Gasteiger charge is 2.18. The summed E-state index contributed by atoms with van der Waals surface area (Å²) in [4.78, 5) is 4.50. The van der Waals surface area contributed by atoms with Crippen LogP contribution in [0, 0.1) is 5.92 Å². The molecule has 6 heteroatoms. The molecule has 104 valence electrons. The van der Waals surface area contributed by atoms with Gasteiger partial charge in [-0.3, -0.25) is 4.99 Å². The second kappa shape index (κ2) is 5.71. The third-order valence-corrected chi connectivity index (χ3v) is 4.40. The fraction of sp³-hybridized carbons (Fsp3) is 0.462. The van der Waals surface area contributed by atoms with Gasteiger partial charge in [-0.25, -0.2) is 13.6 Å². The van der Waals surface area contributed by atoms with Crippen molar-refractivity contribution in [2.75, 3.05) is 0 Å². The zero-order valence-electron chi connectivity index (χ0n) is 10.7. The van der Waals surface area contributed by atoms with Crippen molar-refractivity contribution in [1.29, 1.82) is 0 Å². The van der Waals surface area contributed by atoms with Gasteiger partial charge in [0.25, 0.3) is 0 Å². The van der Waals surface area contributed by atoms with Crippen LogP contribution in [0.15, 0.2) is 34.2 Å². The first-order chi connectivity index (χ1) is 8.97. The van der Waals surface area contributed by atoms with E-state index in [4.69, 9.17) is 10.9 Å². The van der Waals surface area contributed by atoms with E-state index in [2.05, 4.69) is 4.99 Å². The number of nitrogens with two attached hydrogens (primary N) is 2. The molecule has 1 aromatic rings. The van der Waals surface area contributed by atoms with Crippen molar-refractivity contribution in [3.05, 3.63) is 29.8 Å². The van der Waals surface area contributed by atoms with E-state index in [1.165, 1.54) is 25.0 Å². The zero-order valence-corrected chi connectivity index (χ0v) is 11.6. The number of nitrogens with zero attached hydrogens (tertiary/aromatic N) is 1. The molecule has 0 aromatic heterocycles. The van der Waals surface area contributed by atoms with Gasteiger partial charge in [0.2, 0.25) is 10.0 Å². The van der Waals surface area contributed by atoms with Gasteiger partial charge in [0.1, 0.15) is 0 Å². The minimum atomic E-state index is -3.62. The van der Waals surface area contributed by atoms with E-state index < -0.39 is 10.0 Å². The highest BCUT2D eigenvalue weighted by atomic mass is 32.2. The Kier molecular flexibility index (Phi) is 4.21. The number of sulfonamides is 1. The van der Waals surface area contributed by atoms with Crippen molar-refractivity contribution in [2.45, 2.75) is 37.1 Å². The minimum Gasteiger partial charge on any atom is -0.387 e. The molecular formula is C13H19N3O2S. The predicted octanol–water partition coefficient (Wildman–Crippen LogP) is 1.38. The Bertz CT molecular complexity index is 558. The largest absolute Gasteiger partial charge is 0.387 e.